The second-order valence-electron chi connectivity index (χ2n) is 4.69. The van der Waals surface area contributed by atoms with Gasteiger partial charge in [-0.05, 0) is 26.4 Å². The molecule has 0 atom stereocenters. The van der Waals surface area contributed by atoms with Gasteiger partial charge in [-0.2, -0.15) is 0 Å². The lowest BCUT2D eigenvalue weighted by Gasteiger charge is -2.32. The molecule has 1 rings (SSSR count). The molecular formula is C12H25N3O. The fourth-order valence-electron chi connectivity index (χ4n) is 1.97. The molecule has 0 aromatic heterocycles. The molecule has 1 aliphatic heterocycles. The van der Waals surface area contributed by atoms with Gasteiger partial charge in [0.05, 0.1) is 0 Å². The van der Waals surface area contributed by atoms with Gasteiger partial charge in [-0.25, -0.2) is 0 Å². The van der Waals surface area contributed by atoms with Crippen molar-refractivity contribution in [3.63, 3.8) is 0 Å². The van der Waals surface area contributed by atoms with Gasteiger partial charge in [-0.3, -0.25) is 4.79 Å². The topological polar surface area (TPSA) is 35.6 Å². The van der Waals surface area contributed by atoms with Gasteiger partial charge < -0.3 is 15.1 Å². The van der Waals surface area contributed by atoms with E-state index in [-0.39, 0.29) is 5.91 Å². The molecule has 16 heavy (non-hydrogen) atoms. The quantitative estimate of drug-likeness (QED) is 0.673. The second-order valence-corrected chi connectivity index (χ2v) is 4.69. The number of amides is 1. The van der Waals surface area contributed by atoms with Crippen molar-refractivity contribution in [3.8, 4) is 0 Å². The molecule has 4 heteroatoms. The van der Waals surface area contributed by atoms with Crippen LogP contribution in [-0.4, -0.2) is 62.0 Å². The summed E-state index contributed by atoms with van der Waals surface area (Å²) in [6.07, 6.45) is 3.57. The van der Waals surface area contributed by atoms with Crippen molar-refractivity contribution < 1.29 is 4.79 Å². The van der Waals surface area contributed by atoms with Crippen LogP contribution in [-0.2, 0) is 4.79 Å². The Morgan fingerprint density at radius 3 is 2.44 bits per heavy atom. The molecule has 1 fully saturated rings. The molecule has 94 valence electrons. The third kappa shape index (κ3) is 6.08. The molecular weight excluding hydrogens is 202 g/mol. The standard InChI is InChI=1S/C12H25N3O/c1-12(16)13-6-4-3-5-7-15-10-8-14(2)9-11-15/h3-11H2,1-2H3,(H,13,16). The Hall–Kier alpha value is -0.610. The lowest BCUT2D eigenvalue weighted by atomic mass is 10.2. The summed E-state index contributed by atoms with van der Waals surface area (Å²) in [7, 11) is 2.19. The molecule has 0 unspecified atom stereocenters. The Bertz CT molecular complexity index is 200. The van der Waals surface area contributed by atoms with Gasteiger partial charge in [0, 0.05) is 39.6 Å². The lowest BCUT2D eigenvalue weighted by Crippen LogP contribution is -2.44. The number of hydrogen-bond acceptors (Lipinski definition) is 3. The lowest BCUT2D eigenvalue weighted by molar-refractivity contribution is -0.118. The van der Waals surface area contributed by atoms with Gasteiger partial charge in [-0.15, -0.1) is 0 Å². The third-order valence-electron chi connectivity index (χ3n) is 3.12. The highest BCUT2D eigenvalue weighted by molar-refractivity contribution is 5.72. The minimum atomic E-state index is 0.0825. The molecule has 0 aromatic carbocycles. The summed E-state index contributed by atoms with van der Waals surface area (Å²) in [5.41, 5.74) is 0. The van der Waals surface area contributed by atoms with Crippen LogP contribution in [0.2, 0.25) is 0 Å². The molecule has 0 bridgehead atoms. The highest BCUT2D eigenvalue weighted by Gasteiger charge is 2.12. The van der Waals surface area contributed by atoms with Crippen molar-refractivity contribution in [1.29, 1.82) is 0 Å². The smallest absolute Gasteiger partial charge is 0.216 e. The van der Waals surface area contributed by atoms with Crippen molar-refractivity contribution in [3.05, 3.63) is 0 Å². The first-order chi connectivity index (χ1) is 7.68. The number of unbranched alkanes of at least 4 members (excludes halogenated alkanes) is 2. The molecule has 0 spiro atoms. The molecule has 1 aliphatic rings. The Kier molecular flexibility index (Phi) is 6.42. The van der Waals surface area contributed by atoms with Crippen LogP contribution >= 0.6 is 0 Å². The highest BCUT2D eigenvalue weighted by Crippen LogP contribution is 2.02. The van der Waals surface area contributed by atoms with Crippen molar-refractivity contribution in [2.75, 3.05) is 46.3 Å². The van der Waals surface area contributed by atoms with Crippen LogP contribution in [0, 0.1) is 0 Å². The van der Waals surface area contributed by atoms with Crippen molar-refractivity contribution >= 4 is 5.91 Å². The maximum atomic E-state index is 10.6. The first-order valence-corrected chi connectivity index (χ1v) is 6.34. The normalized spacial score (nSPS) is 18.6. The molecule has 0 radical (unpaired) electrons. The van der Waals surface area contributed by atoms with Crippen LogP contribution in [0.5, 0.6) is 0 Å². The Labute approximate surface area is 99.0 Å². The summed E-state index contributed by atoms with van der Waals surface area (Å²) >= 11 is 0. The average Bonchev–Trinajstić information content (AvgIpc) is 2.25. The van der Waals surface area contributed by atoms with Crippen LogP contribution in [0.25, 0.3) is 0 Å². The van der Waals surface area contributed by atoms with Gasteiger partial charge in [0.1, 0.15) is 0 Å². The van der Waals surface area contributed by atoms with E-state index in [4.69, 9.17) is 0 Å². The first kappa shape index (κ1) is 13.5. The first-order valence-electron chi connectivity index (χ1n) is 6.34. The second kappa shape index (κ2) is 7.63. The van der Waals surface area contributed by atoms with Crippen molar-refractivity contribution in [1.82, 2.24) is 15.1 Å². The predicted molar refractivity (Wildman–Crippen MR) is 66.5 cm³/mol. The molecule has 0 saturated carbocycles. The van der Waals surface area contributed by atoms with Crippen molar-refractivity contribution in [2.24, 2.45) is 0 Å². The van der Waals surface area contributed by atoms with Gasteiger partial charge in [0.25, 0.3) is 0 Å². The number of piperazine rings is 1. The van der Waals surface area contributed by atoms with Crippen molar-refractivity contribution in [2.45, 2.75) is 26.2 Å². The monoisotopic (exact) mass is 227 g/mol. The minimum absolute atomic E-state index is 0.0825. The summed E-state index contributed by atoms with van der Waals surface area (Å²) in [6.45, 7) is 8.44. The predicted octanol–water partition coefficient (Wildman–Crippen LogP) is 0.540. The number of carbonyl (C=O) groups excluding carboxylic acids is 1. The average molecular weight is 227 g/mol. The van der Waals surface area contributed by atoms with Crippen LogP contribution < -0.4 is 5.32 Å². The number of likely N-dealkylation sites (N-methyl/N-ethyl adjacent to an activating group) is 1. The SMILES string of the molecule is CC(=O)NCCCCCN1CCN(C)CC1. The Morgan fingerprint density at radius 1 is 1.12 bits per heavy atom. The molecule has 1 saturated heterocycles. The van der Waals surface area contributed by atoms with E-state index >= 15 is 0 Å². The summed E-state index contributed by atoms with van der Waals surface area (Å²) in [5.74, 6) is 0.0825. The van der Waals surface area contributed by atoms with Gasteiger partial charge in [0.2, 0.25) is 5.91 Å². The highest BCUT2D eigenvalue weighted by atomic mass is 16.1. The van der Waals surface area contributed by atoms with E-state index in [0.717, 1.165) is 13.0 Å². The number of carbonyl (C=O) groups is 1. The zero-order valence-electron chi connectivity index (χ0n) is 10.7. The molecule has 1 heterocycles. The van der Waals surface area contributed by atoms with E-state index in [1.165, 1.54) is 45.6 Å². The maximum Gasteiger partial charge on any atom is 0.216 e. The van der Waals surface area contributed by atoms with E-state index in [1.807, 2.05) is 0 Å². The largest absolute Gasteiger partial charge is 0.356 e. The summed E-state index contributed by atoms with van der Waals surface area (Å²) < 4.78 is 0. The van der Waals surface area contributed by atoms with E-state index < -0.39 is 0 Å². The number of nitrogens with one attached hydrogen (secondary N) is 1. The number of nitrogens with zero attached hydrogens (tertiary/aromatic N) is 2. The minimum Gasteiger partial charge on any atom is -0.356 e. The van der Waals surface area contributed by atoms with Gasteiger partial charge in [0.15, 0.2) is 0 Å². The third-order valence-corrected chi connectivity index (χ3v) is 3.12. The molecule has 0 aromatic rings. The van der Waals surface area contributed by atoms with Crippen LogP contribution in [0.15, 0.2) is 0 Å². The zero-order chi connectivity index (χ0) is 11.8. The van der Waals surface area contributed by atoms with Crippen LogP contribution in [0.4, 0.5) is 0 Å². The summed E-state index contributed by atoms with van der Waals surface area (Å²) in [5, 5.41) is 2.83. The van der Waals surface area contributed by atoms with Crippen LogP contribution in [0.1, 0.15) is 26.2 Å². The molecule has 4 nitrogen and oxygen atoms in total. The van der Waals surface area contributed by atoms with Gasteiger partial charge >= 0.3 is 0 Å². The molecule has 0 aliphatic carbocycles. The fraction of sp³-hybridized carbons (Fsp3) is 0.917. The number of rotatable bonds is 6. The fourth-order valence-corrected chi connectivity index (χ4v) is 1.97. The number of hydrogen-bond donors (Lipinski definition) is 1. The van der Waals surface area contributed by atoms with E-state index in [1.54, 1.807) is 6.92 Å². The van der Waals surface area contributed by atoms with E-state index in [2.05, 4.69) is 22.2 Å². The zero-order valence-corrected chi connectivity index (χ0v) is 10.7. The van der Waals surface area contributed by atoms with Gasteiger partial charge in [-0.1, -0.05) is 6.42 Å². The molecule has 1 N–H and O–H groups in total. The molecule has 1 amide bonds. The maximum absolute atomic E-state index is 10.6. The Balaban J connectivity index is 1.89. The van der Waals surface area contributed by atoms with E-state index in [0.29, 0.717) is 0 Å². The van der Waals surface area contributed by atoms with E-state index in [9.17, 15) is 4.79 Å². The summed E-state index contributed by atoms with van der Waals surface area (Å²) in [4.78, 5) is 15.6. The van der Waals surface area contributed by atoms with Crippen LogP contribution in [0.3, 0.4) is 0 Å². The Morgan fingerprint density at radius 2 is 1.81 bits per heavy atom. The summed E-state index contributed by atoms with van der Waals surface area (Å²) in [6, 6.07) is 0.